The molecule has 0 fully saturated rings. The van der Waals surface area contributed by atoms with Gasteiger partial charge in [0.1, 0.15) is 0 Å². The Bertz CT molecular complexity index is 651. The van der Waals surface area contributed by atoms with Crippen molar-refractivity contribution < 1.29 is 14.1 Å². The van der Waals surface area contributed by atoms with Crippen LogP contribution in [0.2, 0.25) is 5.28 Å². The summed E-state index contributed by atoms with van der Waals surface area (Å²) in [6.07, 6.45) is 0.826. The molecule has 0 saturated heterocycles. The Morgan fingerprint density at radius 1 is 1.47 bits per heavy atom. The summed E-state index contributed by atoms with van der Waals surface area (Å²) in [5.74, 6) is -1.44. The Morgan fingerprint density at radius 2 is 2.21 bits per heavy atom. The number of nitrogens with zero attached hydrogens (tertiary/aromatic N) is 3. The molecule has 1 heterocycles. The lowest BCUT2D eigenvalue weighted by Gasteiger charge is -2.06. The highest BCUT2D eigenvalue weighted by Gasteiger charge is 2.18. The normalized spacial score (nSPS) is 10.3. The molecule has 0 N–H and O–H groups in total. The molecule has 0 aliphatic carbocycles. The van der Waals surface area contributed by atoms with Gasteiger partial charge in [-0.3, -0.25) is 10.1 Å². The molecule has 1 aromatic carbocycles. The van der Waals surface area contributed by atoms with Crippen molar-refractivity contribution in [2.45, 2.75) is 6.92 Å². The lowest BCUT2D eigenvalue weighted by Crippen LogP contribution is -1.98. The van der Waals surface area contributed by atoms with Gasteiger partial charge in [0.15, 0.2) is 0 Å². The van der Waals surface area contributed by atoms with Crippen LogP contribution in [0.25, 0.3) is 0 Å². The first kappa shape index (κ1) is 13.2. The van der Waals surface area contributed by atoms with E-state index in [0.717, 1.165) is 11.8 Å². The van der Waals surface area contributed by atoms with Crippen molar-refractivity contribution in [2.24, 2.45) is 0 Å². The fourth-order valence-corrected chi connectivity index (χ4v) is 1.49. The zero-order valence-electron chi connectivity index (χ0n) is 9.63. The van der Waals surface area contributed by atoms with Crippen LogP contribution in [0.15, 0.2) is 24.4 Å². The monoisotopic (exact) mass is 283 g/mol. The summed E-state index contributed by atoms with van der Waals surface area (Å²) in [5.41, 5.74) is 0.431. The van der Waals surface area contributed by atoms with E-state index in [2.05, 4.69) is 9.97 Å². The summed E-state index contributed by atoms with van der Waals surface area (Å²) in [5, 5.41) is 10.6. The van der Waals surface area contributed by atoms with Crippen molar-refractivity contribution in [3.63, 3.8) is 0 Å². The van der Waals surface area contributed by atoms with Gasteiger partial charge in [-0.2, -0.15) is 9.37 Å². The van der Waals surface area contributed by atoms with Gasteiger partial charge in [-0.05, 0) is 30.2 Å². The zero-order valence-corrected chi connectivity index (χ0v) is 10.4. The van der Waals surface area contributed by atoms with Crippen LogP contribution in [-0.2, 0) is 0 Å². The van der Waals surface area contributed by atoms with Gasteiger partial charge in [0.25, 0.3) is 5.88 Å². The minimum absolute atomic E-state index is 0.112. The molecule has 8 heteroatoms. The minimum Gasteiger partial charge on any atom is -0.429 e. The van der Waals surface area contributed by atoms with Gasteiger partial charge in [0, 0.05) is 6.07 Å². The molecule has 6 nitrogen and oxygen atoms in total. The average molecular weight is 284 g/mol. The zero-order chi connectivity index (χ0) is 14.0. The third kappa shape index (κ3) is 2.94. The Hall–Kier alpha value is -2.28. The highest BCUT2D eigenvalue weighted by atomic mass is 35.5. The van der Waals surface area contributed by atoms with E-state index in [1.165, 1.54) is 12.1 Å². The second-order valence-corrected chi connectivity index (χ2v) is 3.96. The lowest BCUT2D eigenvalue weighted by atomic mass is 10.2. The molecule has 0 aliphatic rings. The van der Waals surface area contributed by atoms with Crippen molar-refractivity contribution >= 4 is 17.3 Å². The van der Waals surface area contributed by atoms with Crippen molar-refractivity contribution in [2.75, 3.05) is 0 Å². The Balaban J connectivity index is 2.45. The van der Waals surface area contributed by atoms with Gasteiger partial charge in [-0.1, -0.05) is 6.07 Å². The summed E-state index contributed by atoms with van der Waals surface area (Å²) >= 11 is 5.51. The summed E-state index contributed by atoms with van der Waals surface area (Å²) in [6.45, 7) is 1.72. The van der Waals surface area contributed by atoms with Crippen LogP contribution >= 0.6 is 11.6 Å². The van der Waals surface area contributed by atoms with E-state index in [0.29, 0.717) is 0 Å². The maximum absolute atomic E-state index is 13.4. The SMILES string of the molecule is Cc1ccc([N+](=O)[O-])c(Oc2nc(Cl)ncc2F)c1. The Kier molecular flexibility index (Phi) is 3.57. The average Bonchev–Trinajstić information content (AvgIpc) is 2.33. The van der Waals surface area contributed by atoms with Crippen molar-refractivity contribution in [3.05, 3.63) is 51.2 Å². The molecule has 2 aromatic rings. The van der Waals surface area contributed by atoms with Crippen LogP contribution in [-0.4, -0.2) is 14.9 Å². The van der Waals surface area contributed by atoms with E-state index >= 15 is 0 Å². The Labute approximate surface area is 112 Å². The summed E-state index contributed by atoms with van der Waals surface area (Å²) < 4.78 is 18.5. The fraction of sp³-hybridized carbons (Fsp3) is 0.0909. The predicted molar refractivity (Wildman–Crippen MR) is 64.9 cm³/mol. The second-order valence-electron chi connectivity index (χ2n) is 3.62. The predicted octanol–water partition coefficient (Wildman–Crippen LogP) is 3.28. The molecule has 2 rings (SSSR count). The highest BCUT2D eigenvalue weighted by molar-refractivity contribution is 6.28. The Morgan fingerprint density at radius 3 is 2.89 bits per heavy atom. The van der Waals surface area contributed by atoms with Crippen LogP contribution in [0.1, 0.15) is 5.56 Å². The molecule has 98 valence electrons. The number of nitro groups is 1. The van der Waals surface area contributed by atoms with Gasteiger partial charge in [-0.15, -0.1) is 0 Å². The first-order chi connectivity index (χ1) is 8.97. The third-order valence-corrected chi connectivity index (χ3v) is 2.38. The lowest BCUT2D eigenvalue weighted by molar-refractivity contribution is -0.385. The minimum atomic E-state index is -0.861. The molecule has 1 aromatic heterocycles. The second kappa shape index (κ2) is 5.15. The molecule has 0 saturated carbocycles. The van der Waals surface area contributed by atoms with E-state index in [4.69, 9.17) is 16.3 Å². The van der Waals surface area contributed by atoms with Crippen molar-refractivity contribution in [1.82, 2.24) is 9.97 Å². The molecule has 19 heavy (non-hydrogen) atoms. The molecular formula is C11H7ClFN3O3. The molecule has 0 amide bonds. The van der Waals surface area contributed by atoms with E-state index in [1.807, 2.05) is 0 Å². The molecule has 0 atom stereocenters. The van der Waals surface area contributed by atoms with Crippen LogP contribution < -0.4 is 4.74 Å². The van der Waals surface area contributed by atoms with Crippen LogP contribution in [0.4, 0.5) is 10.1 Å². The number of hydrogen-bond donors (Lipinski definition) is 0. The number of rotatable bonds is 3. The molecule has 0 bridgehead atoms. The topological polar surface area (TPSA) is 78.2 Å². The number of nitro benzene ring substituents is 1. The van der Waals surface area contributed by atoms with Gasteiger partial charge in [0.2, 0.25) is 16.9 Å². The standard InChI is InChI=1S/C11H7ClFN3O3/c1-6-2-3-8(16(17)18)9(4-6)19-10-7(13)5-14-11(12)15-10/h2-5H,1H3. The van der Waals surface area contributed by atoms with Crippen molar-refractivity contribution in [1.29, 1.82) is 0 Å². The van der Waals surface area contributed by atoms with E-state index in [-0.39, 0.29) is 16.7 Å². The molecule has 0 radical (unpaired) electrons. The quantitative estimate of drug-likeness (QED) is 0.491. The van der Waals surface area contributed by atoms with E-state index in [1.54, 1.807) is 13.0 Å². The number of ether oxygens (including phenoxy) is 1. The van der Waals surface area contributed by atoms with Gasteiger partial charge >= 0.3 is 5.69 Å². The molecule has 0 unspecified atom stereocenters. The largest absolute Gasteiger partial charge is 0.429 e. The molecule has 0 spiro atoms. The summed E-state index contributed by atoms with van der Waals surface area (Å²) in [7, 11) is 0. The van der Waals surface area contributed by atoms with Crippen LogP contribution in [0.5, 0.6) is 11.6 Å². The first-order valence-corrected chi connectivity index (χ1v) is 5.46. The first-order valence-electron chi connectivity index (χ1n) is 5.08. The van der Waals surface area contributed by atoms with Gasteiger partial charge < -0.3 is 4.74 Å². The number of benzene rings is 1. The van der Waals surface area contributed by atoms with E-state index in [9.17, 15) is 14.5 Å². The maximum atomic E-state index is 13.4. The van der Waals surface area contributed by atoms with E-state index < -0.39 is 16.6 Å². The summed E-state index contributed by atoms with van der Waals surface area (Å²) in [4.78, 5) is 17.2. The smallest absolute Gasteiger partial charge is 0.311 e. The van der Waals surface area contributed by atoms with Crippen LogP contribution in [0.3, 0.4) is 0 Å². The van der Waals surface area contributed by atoms with Crippen LogP contribution in [0, 0.1) is 22.9 Å². The third-order valence-electron chi connectivity index (χ3n) is 2.20. The van der Waals surface area contributed by atoms with Gasteiger partial charge in [0.05, 0.1) is 11.1 Å². The fourth-order valence-electron chi connectivity index (χ4n) is 1.36. The van der Waals surface area contributed by atoms with Crippen molar-refractivity contribution in [3.8, 4) is 11.6 Å². The number of halogens is 2. The highest BCUT2D eigenvalue weighted by Crippen LogP contribution is 2.32. The maximum Gasteiger partial charge on any atom is 0.311 e. The number of hydrogen-bond acceptors (Lipinski definition) is 5. The van der Waals surface area contributed by atoms with Gasteiger partial charge in [-0.25, -0.2) is 4.98 Å². The number of aryl methyl sites for hydroxylation is 1. The molecule has 0 aliphatic heterocycles. The number of aromatic nitrogens is 2. The molecular weight excluding hydrogens is 277 g/mol. The summed E-state index contributed by atoms with van der Waals surface area (Å²) in [6, 6.07) is 4.23.